The summed E-state index contributed by atoms with van der Waals surface area (Å²) < 4.78 is 66.0. The molecule has 38 heavy (non-hydrogen) atoms. The van der Waals surface area contributed by atoms with Gasteiger partial charge in [0.15, 0.2) is 5.43 Å². The van der Waals surface area contributed by atoms with E-state index in [0.29, 0.717) is 17.9 Å². The lowest BCUT2D eigenvalue weighted by Gasteiger charge is -2.26. The van der Waals surface area contributed by atoms with E-state index in [1.165, 1.54) is 18.2 Å². The fourth-order valence-electron chi connectivity index (χ4n) is 4.65. The van der Waals surface area contributed by atoms with Crippen LogP contribution in [-0.2, 0) is 6.18 Å². The first kappa shape index (κ1) is 25.5. The van der Waals surface area contributed by atoms with Crippen molar-refractivity contribution in [2.45, 2.75) is 38.4 Å². The molecule has 196 valence electrons. The average Bonchev–Trinajstić information content (AvgIpc) is 3.19. The van der Waals surface area contributed by atoms with Crippen molar-refractivity contribution in [1.29, 1.82) is 0 Å². The van der Waals surface area contributed by atoms with E-state index < -0.39 is 34.9 Å². The van der Waals surface area contributed by atoms with Crippen LogP contribution in [0.4, 0.5) is 23.2 Å². The topological polar surface area (TPSA) is 59.8 Å². The Bertz CT molecular complexity index is 1560. The molecule has 4 aromatic rings. The van der Waals surface area contributed by atoms with Gasteiger partial charge in [-0.1, -0.05) is 38.0 Å². The van der Waals surface area contributed by atoms with Crippen molar-refractivity contribution in [2.75, 3.05) is 11.5 Å². The lowest BCUT2D eigenvalue weighted by atomic mass is 9.98. The molecule has 0 spiro atoms. The molecule has 0 aliphatic carbocycles. The van der Waals surface area contributed by atoms with E-state index in [1.807, 2.05) is 0 Å². The highest BCUT2D eigenvalue weighted by molar-refractivity contribution is 6.10. The van der Waals surface area contributed by atoms with E-state index in [-0.39, 0.29) is 28.0 Å². The second-order valence-corrected chi connectivity index (χ2v) is 9.06. The standard InChI is InChI=1S/C29H23F4NO4/c1-2-3-4-14-37-21-11-8-17(9-12-21)25-24-26(35)22-16-19(30)10-13-23(22)38-27(24)28(36)34(25)20-7-5-6-18(15-20)29(31,32)33/h5-13,15-16,25H,2-4,14H2,1H3. The first-order valence-corrected chi connectivity index (χ1v) is 12.2. The minimum absolute atomic E-state index is 0.00368. The zero-order valence-electron chi connectivity index (χ0n) is 20.3. The molecule has 1 unspecified atom stereocenters. The van der Waals surface area contributed by atoms with Gasteiger partial charge in [-0.2, -0.15) is 13.2 Å². The Balaban J connectivity index is 1.64. The van der Waals surface area contributed by atoms with Crippen LogP contribution in [-0.4, -0.2) is 12.5 Å². The van der Waals surface area contributed by atoms with Gasteiger partial charge < -0.3 is 9.15 Å². The number of amides is 1. The molecule has 0 fully saturated rings. The fraction of sp³-hybridized carbons (Fsp3) is 0.241. The Morgan fingerprint density at radius 2 is 1.74 bits per heavy atom. The van der Waals surface area contributed by atoms with Crippen LogP contribution in [0.2, 0.25) is 0 Å². The predicted molar refractivity (Wildman–Crippen MR) is 134 cm³/mol. The van der Waals surface area contributed by atoms with Crippen LogP contribution >= 0.6 is 0 Å². The number of ether oxygens (including phenoxy) is 1. The van der Waals surface area contributed by atoms with Crippen LogP contribution in [0.3, 0.4) is 0 Å². The van der Waals surface area contributed by atoms with Gasteiger partial charge in [0.25, 0.3) is 5.91 Å². The number of carbonyl (C=O) groups is 1. The summed E-state index contributed by atoms with van der Waals surface area (Å²) in [7, 11) is 0. The van der Waals surface area contributed by atoms with Gasteiger partial charge in [-0.25, -0.2) is 4.39 Å². The first-order chi connectivity index (χ1) is 18.2. The molecule has 0 N–H and O–H groups in total. The van der Waals surface area contributed by atoms with Gasteiger partial charge in [-0.05, 0) is 60.5 Å². The van der Waals surface area contributed by atoms with Gasteiger partial charge in [-0.15, -0.1) is 0 Å². The summed E-state index contributed by atoms with van der Waals surface area (Å²) in [5.74, 6) is -1.15. The number of hydrogen-bond donors (Lipinski definition) is 0. The summed E-state index contributed by atoms with van der Waals surface area (Å²) in [6.07, 6.45) is -1.69. The molecule has 1 aromatic heterocycles. The summed E-state index contributed by atoms with van der Waals surface area (Å²) in [6, 6.07) is 13.2. The Morgan fingerprint density at radius 3 is 2.45 bits per heavy atom. The molecule has 3 aromatic carbocycles. The van der Waals surface area contributed by atoms with Crippen LogP contribution in [0.5, 0.6) is 5.75 Å². The molecule has 0 saturated heterocycles. The minimum atomic E-state index is -4.64. The van der Waals surface area contributed by atoms with Gasteiger partial charge >= 0.3 is 6.18 Å². The largest absolute Gasteiger partial charge is 0.494 e. The lowest BCUT2D eigenvalue weighted by molar-refractivity contribution is -0.137. The normalized spacial score (nSPS) is 15.2. The fourth-order valence-corrected chi connectivity index (χ4v) is 4.65. The molecular formula is C29H23F4NO4. The van der Waals surface area contributed by atoms with Crippen LogP contribution in [0, 0.1) is 5.82 Å². The van der Waals surface area contributed by atoms with E-state index in [4.69, 9.17) is 9.15 Å². The van der Waals surface area contributed by atoms with Gasteiger partial charge in [0.2, 0.25) is 5.76 Å². The molecule has 0 saturated carbocycles. The van der Waals surface area contributed by atoms with Crippen LogP contribution in [0.15, 0.2) is 75.9 Å². The van der Waals surface area contributed by atoms with E-state index in [9.17, 15) is 27.2 Å². The molecule has 1 aliphatic heterocycles. The van der Waals surface area contributed by atoms with Crippen molar-refractivity contribution in [3.63, 3.8) is 0 Å². The second-order valence-electron chi connectivity index (χ2n) is 9.06. The zero-order valence-corrected chi connectivity index (χ0v) is 20.3. The maximum Gasteiger partial charge on any atom is 0.416 e. The number of halogens is 4. The predicted octanol–water partition coefficient (Wildman–Crippen LogP) is 7.27. The maximum atomic E-state index is 14.0. The molecule has 9 heteroatoms. The van der Waals surface area contributed by atoms with E-state index >= 15 is 0 Å². The molecule has 0 bridgehead atoms. The Labute approximate surface area is 215 Å². The summed E-state index contributed by atoms with van der Waals surface area (Å²) >= 11 is 0. The minimum Gasteiger partial charge on any atom is -0.494 e. The van der Waals surface area contributed by atoms with E-state index in [1.54, 1.807) is 24.3 Å². The number of carbonyl (C=O) groups excluding carboxylic acids is 1. The third-order valence-electron chi connectivity index (χ3n) is 6.50. The third-order valence-corrected chi connectivity index (χ3v) is 6.50. The number of unbranched alkanes of at least 4 members (excludes halogenated alkanes) is 2. The quantitative estimate of drug-likeness (QED) is 0.188. The number of fused-ring (bicyclic) bond motifs is 2. The highest BCUT2D eigenvalue weighted by atomic mass is 19.4. The molecule has 1 atom stereocenters. The highest BCUT2D eigenvalue weighted by Gasteiger charge is 2.44. The molecule has 1 aliphatic rings. The van der Waals surface area contributed by atoms with Crippen LogP contribution < -0.4 is 15.1 Å². The number of benzene rings is 3. The number of rotatable bonds is 7. The van der Waals surface area contributed by atoms with Gasteiger partial charge in [0.1, 0.15) is 17.1 Å². The van der Waals surface area contributed by atoms with Crippen molar-refractivity contribution in [3.05, 3.63) is 105 Å². The van der Waals surface area contributed by atoms with E-state index in [2.05, 4.69) is 6.92 Å². The van der Waals surface area contributed by atoms with Gasteiger partial charge in [0, 0.05) is 5.69 Å². The SMILES string of the molecule is CCCCCOc1ccc(C2c3c(oc4ccc(F)cc4c3=O)C(=O)N2c2cccc(C(F)(F)F)c2)cc1. The number of nitrogens with zero attached hydrogens (tertiary/aromatic N) is 1. The van der Waals surface area contributed by atoms with Crippen molar-refractivity contribution in [2.24, 2.45) is 0 Å². The summed E-state index contributed by atoms with van der Waals surface area (Å²) in [5, 5.41) is -0.0664. The number of alkyl halides is 3. The van der Waals surface area contributed by atoms with Crippen molar-refractivity contribution >= 4 is 22.6 Å². The molecule has 1 amide bonds. The van der Waals surface area contributed by atoms with Crippen molar-refractivity contribution in [1.82, 2.24) is 0 Å². The van der Waals surface area contributed by atoms with Crippen molar-refractivity contribution in [3.8, 4) is 5.75 Å². The number of anilines is 1. The van der Waals surface area contributed by atoms with Crippen LogP contribution in [0.1, 0.15) is 59.5 Å². The van der Waals surface area contributed by atoms with Gasteiger partial charge in [-0.3, -0.25) is 14.5 Å². The Kier molecular flexibility index (Phi) is 6.69. The van der Waals surface area contributed by atoms with E-state index in [0.717, 1.165) is 48.4 Å². The Hall–Kier alpha value is -4.14. The maximum absolute atomic E-state index is 14.0. The number of hydrogen-bond acceptors (Lipinski definition) is 4. The monoisotopic (exact) mass is 525 g/mol. The smallest absolute Gasteiger partial charge is 0.416 e. The molecule has 5 rings (SSSR count). The summed E-state index contributed by atoms with van der Waals surface area (Å²) in [6.45, 7) is 2.61. The zero-order chi connectivity index (χ0) is 27.0. The average molecular weight is 525 g/mol. The van der Waals surface area contributed by atoms with Crippen LogP contribution in [0.25, 0.3) is 11.0 Å². The first-order valence-electron chi connectivity index (χ1n) is 12.2. The molecular weight excluding hydrogens is 502 g/mol. The molecule has 5 nitrogen and oxygen atoms in total. The van der Waals surface area contributed by atoms with Crippen molar-refractivity contribution < 1.29 is 31.5 Å². The molecule has 0 radical (unpaired) electrons. The Morgan fingerprint density at radius 1 is 0.974 bits per heavy atom. The third kappa shape index (κ3) is 4.64. The van der Waals surface area contributed by atoms with Gasteiger partial charge in [0.05, 0.1) is 29.2 Å². The lowest BCUT2D eigenvalue weighted by Crippen LogP contribution is -2.29. The summed E-state index contributed by atoms with van der Waals surface area (Å²) in [4.78, 5) is 28.3. The summed E-state index contributed by atoms with van der Waals surface area (Å²) in [5.41, 5.74) is -1.24. The second kappa shape index (κ2) is 9.96. The molecule has 2 heterocycles. The highest BCUT2D eigenvalue weighted by Crippen LogP contribution is 2.43.